The summed E-state index contributed by atoms with van der Waals surface area (Å²) in [5, 5.41) is 0. The quantitative estimate of drug-likeness (QED) is 0.760. The molecule has 2 atom stereocenters. The average molecular weight is 344 g/mol. The van der Waals surface area contributed by atoms with Crippen LogP contribution in [0, 0.1) is 0 Å². The maximum absolute atomic E-state index is 12.3. The molecule has 2 heterocycles. The van der Waals surface area contributed by atoms with Gasteiger partial charge in [0.25, 0.3) is 5.56 Å². The Hall–Kier alpha value is -1.47. The number of ether oxygens (including phenoxy) is 1. The van der Waals surface area contributed by atoms with Crippen molar-refractivity contribution < 1.29 is 18.3 Å². The number of hydrogen-bond donors (Lipinski definition) is 1. The monoisotopic (exact) mass is 344 g/mol. The van der Waals surface area contributed by atoms with Gasteiger partial charge in [-0.15, -0.1) is 0 Å². The van der Waals surface area contributed by atoms with Gasteiger partial charge < -0.3 is 13.8 Å². The number of H-pyrrole nitrogens is 1. The van der Waals surface area contributed by atoms with E-state index >= 15 is 0 Å². The summed E-state index contributed by atoms with van der Waals surface area (Å²) in [6.45, 7) is 4.04. The minimum atomic E-state index is -3.26. The van der Waals surface area contributed by atoms with Crippen molar-refractivity contribution in [2.75, 3.05) is 13.2 Å². The molecule has 2 rings (SSSR count). The molecular weight excluding hydrogens is 323 g/mol. The minimum Gasteiger partial charge on any atom is -0.351 e. The Bertz CT molecular complexity index is 700. The third-order valence-corrected chi connectivity index (χ3v) is 5.07. The van der Waals surface area contributed by atoms with Crippen molar-refractivity contribution in [3.05, 3.63) is 45.0 Å². The lowest BCUT2D eigenvalue weighted by atomic mass is 10.2. The van der Waals surface area contributed by atoms with Gasteiger partial charge in [-0.1, -0.05) is 0 Å². The first-order valence-electron chi connectivity index (χ1n) is 7.52. The van der Waals surface area contributed by atoms with Gasteiger partial charge in [-0.3, -0.25) is 18.9 Å². The molecule has 0 saturated carbocycles. The van der Waals surface area contributed by atoms with Gasteiger partial charge in [-0.05, 0) is 32.8 Å². The molecular formula is C14H21N2O6P. The normalized spacial score (nSPS) is 22.0. The van der Waals surface area contributed by atoms with Crippen LogP contribution < -0.4 is 11.2 Å². The summed E-state index contributed by atoms with van der Waals surface area (Å²) in [7, 11) is -3.26. The fourth-order valence-electron chi connectivity index (χ4n) is 2.33. The number of aromatic amines is 1. The molecule has 0 spiro atoms. The zero-order chi connectivity index (χ0) is 16.9. The van der Waals surface area contributed by atoms with Crippen LogP contribution in [0.1, 0.15) is 32.9 Å². The molecule has 0 aliphatic carbocycles. The van der Waals surface area contributed by atoms with Crippen molar-refractivity contribution in [1.29, 1.82) is 0 Å². The van der Waals surface area contributed by atoms with Crippen LogP contribution in [0.15, 0.2) is 33.7 Å². The largest absolute Gasteiger partial charge is 0.353 e. The van der Waals surface area contributed by atoms with E-state index in [1.54, 1.807) is 19.9 Å². The van der Waals surface area contributed by atoms with E-state index in [4.69, 9.17) is 13.8 Å². The van der Waals surface area contributed by atoms with Crippen LogP contribution in [0.4, 0.5) is 0 Å². The molecule has 8 nitrogen and oxygen atoms in total. The summed E-state index contributed by atoms with van der Waals surface area (Å²) in [6.07, 6.45) is 3.55. The molecule has 1 aliphatic heterocycles. The standard InChI is InChI=1S/C14H21N2O6P/c1-3-20-23(19,21-4-2)10-8-11-5-6-13(22-11)16-9-7-12(17)15-14(16)18/h7-11,13H,3-6H2,1-2H3,(H,15,17,18)/b10-8+. The van der Waals surface area contributed by atoms with Gasteiger partial charge >= 0.3 is 13.3 Å². The van der Waals surface area contributed by atoms with Gasteiger partial charge in [0.15, 0.2) is 0 Å². The molecule has 9 heteroatoms. The van der Waals surface area contributed by atoms with Crippen molar-refractivity contribution in [2.24, 2.45) is 0 Å². The zero-order valence-corrected chi connectivity index (χ0v) is 14.0. The summed E-state index contributed by atoms with van der Waals surface area (Å²) in [6, 6.07) is 1.27. The van der Waals surface area contributed by atoms with Crippen LogP contribution >= 0.6 is 7.60 Å². The summed E-state index contributed by atoms with van der Waals surface area (Å²) in [5.74, 6) is 1.41. The minimum absolute atomic E-state index is 0.280. The Morgan fingerprint density at radius 2 is 2.04 bits per heavy atom. The molecule has 0 aromatic carbocycles. The highest BCUT2D eigenvalue weighted by Crippen LogP contribution is 2.50. The van der Waals surface area contributed by atoms with Crippen molar-refractivity contribution in [3.8, 4) is 0 Å². The van der Waals surface area contributed by atoms with Gasteiger partial charge in [-0.2, -0.15) is 0 Å². The summed E-state index contributed by atoms with van der Waals surface area (Å²) >= 11 is 0. The van der Waals surface area contributed by atoms with Gasteiger partial charge in [0.1, 0.15) is 6.23 Å². The van der Waals surface area contributed by atoms with Crippen LogP contribution in [-0.4, -0.2) is 28.9 Å². The molecule has 1 N–H and O–H groups in total. The first kappa shape index (κ1) is 17.9. The van der Waals surface area contributed by atoms with Crippen molar-refractivity contribution in [2.45, 2.75) is 39.0 Å². The Kier molecular flexibility index (Phi) is 6.12. The number of hydrogen-bond acceptors (Lipinski definition) is 6. The lowest BCUT2D eigenvalue weighted by Crippen LogP contribution is -2.31. The predicted molar refractivity (Wildman–Crippen MR) is 84.5 cm³/mol. The third-order valence-electron chi connectivity index (χ3n) is 3.29. The fourth-order valence-corrected chi connectivity index (χ4v) is 3.70. The lowest BCUT2D eigenvalue weighted by molar-refractivity contribution is 0.0202. The smallest absolute Gasteiger partial charge is 0.351 e. The maximum Gasteiger partial charge on any atom is 0.353 e. The predicted octanol–water partition coefficient (Wildman–Crippen LogP) is 1.99. The van der Waals surface area contributed by atoms with E-state index in [0.29, 0.717) is 12.8 Å². The Labute approximate surface area is 133 Å². The SMILES string of the molecule is CCOP(=O)(/C=C/C1CCC(n2ccc(=O)[nH]c2=O)O1)OCC. The molecule has 0 amide bonds. The molecule has 1 aromatic heterocycles. The van der Waals surface area contributed by atoms with E-state index in [0.717, 1.165) is 0 Å². The van der Waals surface area contributed by atoms with Crippen molar-refractivity contribution >= 4 is 7.60 Å². The van der Waals surface area contributed by atoms with Crippen molar-refractivity contribution in [3.63, 3.8) is 0 Å². The topological polar surface area (TPSA) is 99.6 Å². The highest BCUT2D eigenvalue weighted by atomic mass is 31.2. The molecule has 0 radical (unpaired) electrons. The molecule has 1 aromatic rings. The Morgan fingerprint density at radius 3 is 2.65 bits per heavy atom. The fraction of sp³-hybridized carbons (Fsp3) is 0.571. The summed E-state index contributed by atoms with van der Waals surface area (Å²) < 4.78 is 29.7. The van der Waals surface area contributed by atoms with Gasteiger partial charge in [0, 0.05) is 18.1 Å². The first-order valence-corrected chi connectivity index (χ1v) is 9.13. The van der Waals surface area contributed by atoms with Gasteiger partial charge in [-0.25, -0.2) is 4.79 Å². The van der Waals surface area contributed by atoms with E-state index in [9.17, 15) is 14.2 Å². The molecule has 23 heavy (non-hydrogen) atoms. The number of nitrogens with one attached hydrogen (secondary N) is 1. The summed E-state index contributed by atoms with van der Waals surface area (Å²) in [4.78, 5) is 25.0. The van der Waals surface area contributed by atoms with Crippen LogP contribution in [-0.2, 0) is 18.3 Å². The van der Waals surface area contributed by atoms with Crippen LogP contribution in [0.3, 0.4) is 0 Å². The second-order valence-electron chi connectivity index (χ2n) is 4.94. The van der Waals surface area contributed by atoms with E-state index < -0.39 is 25.1 Å². The highest BCUT2D eigenvalue weighted by molar-refractivity contribution is 7.57. The molecule has 0 bridgehead atoms. The Balaban J connectivity index is 2.05. The number of rotatable bonds is 7. The summed E-state index contributed by atoms with van der Waals surface area (Å²) in [5.41, 5.74) is -0.962. The lowest BCUT2D eigenvalue weighted by Gasteiger charge is -2.15. The van der Waals surface area contributed by atoms with Crippen LogP contribution in [0.25, 0.3) is 0 Å². The Morgan fingerprint density at radius 1 is 1.35 bits per heavy atom. The number of nitrogens with zero attached hydrogens (tertiary/aromatic N) is 1. The average Bonchev–Trinajstić information content (AvgIpc) is 2.94. The second kappa shape index (κ2) is 7.88. The zero-order valence-electron chi connectivity index (χ0n) is 13.1. The van der Waals surface area contributed by atoms with Gasteiger partial charge in [0.05, 0.1) is 19.3 Å². The van der Waals surface area contributed by atoms with Crippen molar-refractivity contribution in [1.82, 2.24) is 9.55 Å². The second-order valence-corrected chi connectivity index (χ2v) is 6.84. The molecule has 1 aliphatic rings. The third kappa shape index (κ3) is 4.75. The molecule has 1 fully saturated rings. The van der Waals surface area contributed by atoms with E-state index in [1.165, 1.54) is 22.6 Å². The van der Waals surface area contributed by atoms with E-state index in [-0.39, 0.29) is 19.3 Å². The van der Waals surface area contributed by atoms with Crippen LogP contribution in [0.5, 0.6) is 0 Å². The first-order chi connectivity index (χ1) is 11.0. The molecule has 1 saturated heterocycles. The van der Waals surface area contributed by atoms with E-state index in [2.05, 4.69) is 4.98 Å². The van der Waals surface area contributed by atoms with Gasteiger partial charge in [0.2, 0.25) is 0 Å². The highest BCUT2D eigenvalue weighted by Gasteiger charge is 2.27. The van der Waals surface area contributed by atoms with Crippen LogP contribution in [0.2, 0.25) is 0 Å². The molecule has 128 valence electrons. The van der Waals surface area contributed by atoms with E-state index in [1.807, 2.05) is 0 Å². The maximum atomic E-state index is 12.3. The number of aromatic nitrogens is 2. The molecule has 2 unspecified atom stereocenters.